The molecule has 0 radical (unpaired) electrons. The maximum atomic E-state index is 12.2. The fraction of sp³-hybridized carbons (Fsp3) is 0.273. The summed E-state index contributed by atoms with van der Waals surface area (Å²) in [6.45, 7) is 2.16. The number of amides is 1. The molecule has 0 aliphatic heterocycles. The highest BCUT2D eigenvalue weighted by atomic mass is 16.5. The third kappa shape index (κ3) is 5.44. The first-order valence-electron chi connectivity index (χ1n) is 9.53. The van der Waals surface area contributed by atoms with Crippen molar-refractivity contribution in [3.8, 4) is 5.75 Å². The van der Waals surface area contributed by atoms with Crippen LogP contribution in [0.2, 0.25) is 0 Å². The molecule has 1 amide bonds. The monoisotopic (exact) mass is 409 g/mol. The van der Waals surface area contributed by atoms with Crippen molar-refractivity contribution in [2.45, 2.75) is 26.4 Å². The molecule has 0 saturated heterocycles. The fourth-order valence-corrected chi connectivity index (χ4v) is 2.84. The van der Waals surface area contributed by atoms with E-state index in [-0.39, 0.29) is 24.5 Å². The van der Waals surface area contributed by atoms with Crippen LogP contribution in [0.5, 0.6) is 5.75 Å². The van der Waals surface area contributed by atoms with Gasteiger partial charge in [0.1, 0.15) is 18.0 Å². The van der Waals surface area contributed by atoms with Crippen molar-refractivity contribution in [1.29, 1.82) is 0 Å². The van der Waals surface area contributed by atoms with Crippen LogP contribution in [0.15, 0.2) is 53.5 Å². The Kier molecular flexibility index (Phi) is 6.79. The summed E-state index contributed by atoms with van der Waals surface area (Å²) >= 11 is 0. The van der Waals surface area contributed by atoms with Gasteiger partial charge in [0.25, 0.3) is 11.5 Å². The van der Waals surface area contributed by atoms with E-state index in [0.717, 1.165) is 5.56 Å². The minimum atomic E-state index is -0.417. The number of methoxy groups -OCH3 is 1. The van der Waals surface area contributed by atoms with Gasteiger partial charge in [0, 0.05) is 30.8 Å². The third-order valence-corrected chi connectivity index (χ3v) is 4.44. The Morgan fingerprint density at radius 3 is 2.63 bits per heavy atom. The quantitative estimate of drug-likeness (QED) is 0.453. The summed E-state index contributed by atoms with van der Waals surface area (Å²) in [7, 11) is 1.56. The van der Waals surface area contributed by atoms with Gasteiger partial charge in [-0.2, -0.15) is 0 Å². The zero-order valence-electron chi connectivity index (χ0n) is 16.9. The number of nitrogens with zero attached hydrogens (tertiary/aromatic N) is 2. The van der Waals surface area contributed by atoms with Crippen molar-refractivity contribution in [2.75, 3.05) is 13.7 Å². The normalized spacial score (nSPS) is 10.6. The van der Waals surface area contributed by atoms with Crippen LogP contribution in [0.4, 0.5) is 0 Å². The van der Waals surface area contributed by atoms with E-state index in [0.29, 0.717) is 35.6 Å². The van der Waals surface area contributed by atoms with Gasteiger partial charge in [0.2, 0.25) is 0 Å². The number of esters is 1. The van der Waals surface area contributed by atoms with Gasteiger partial charge in [-0.25, -0.2) is 4.98 Å². The number of carbonyl (C=O) groups is 2. The highest BCUT2D eigenvalue weighted by molar-refractivity contribution is 5.94. The molecule has 156 valence electrons. The van der Waals surface area contributed by atoms with Crippen LogP contribution in [-0.4, -0.2) is 34.9 Å². The van der Waals surface area contributed by atoms with E-state index < -0.39 is 5.97 Å². The van der Waals surface area contributed by atoms with Crippen LogP contribution in [0, 0.1) is 6.92 Å². The number of carbonyl (C=O) groups excluding carboxylic acids is 2. The van der Waals surface area contributed by atoms with Crippen molar-refractivity contribution in [1.82, 2.24) is 14.7 Å². The number of aryl methyl sites for hydroxylation is 1. The third-order valence-electron chi connectivity index (χ3n) is 4.44. The minimum Gasteiger partial charge on any atom is -0.497 e. The zero-order valence-corrected chi connectivity index (χ0v) is 16.9. The molecule has 3 aromatic rings. The van der Waals surface area contributed by atoms with Crippen molar-refractivity contribution in [2.24, 2.45) is 0 Å². The van der Waals surface area contributed by atoms with E-state index in [2.05, 4.69) is 10.3 Å². The molecule has 0 bridgehead atoms. The van der Waals surface area contributed by atoms with Gasteiger partial charge >= 0.3 is 5.97 Å². The summed E-state index contributed by atoms with van der Waals surface area (Å²) < 4.78 is 11.7. The van der Waals surface area contributed by atoms with E-state index in [1.807, 2.05) is 13.0 Å². The van der Waals surface area contributed by atoms with Crippen molar-refractivity contribution in [3.05, 3.63) is 75.8 Å². The Morgan fingerprint density at radius 1 is 1.13 bits per heavy atom. The van der Waals surface area contributed by atoms with Crippen molar-refractivity contribution < 1.29 is 19.1 Å². The zero-order chi connectivity index (χ0) is 21.5. The van der Waals surface area contributed by atoms with Gasteiger partial charge in [-0.15, -0.1) is 0 Å². The smallest absolute Gasteiger partial charge is 0.306 e. The van der Waals surface area contributed by atoms with Crippen molar-refractivity contribution in [3.63, 3.8) is 0 Å². The number of ether oxygens (including phenoxy) is 2. The Labute approximate surface area is 173 Å². The van der Waals surface area contributed by atoms with Crippen LogP contribution in [-0.2, 0) is 16.1 Å². The number of hydrogen-bond donors (Lipinski definition) is 1. The molecular weight excluding hydrogens is 386 g/mol. The molecule has 3 rings (SSSR count). The highest BCUT2D eigenvalue weighted by Gasteiger charge is 2.09. The first-order valence-corrected chi connectivity index (χ1v) is 9.53. The predicted octanol–water partition coefficient (Wildman–Crippen LogP) is 2.26. The molecule has 0 unspecified atom stereocenters. The molecule has 8 nitrogen and oxygen atoms in total. The lowest BCUT2D eigenvalue weighted by atomic mass is 10.2. The van der Waals surface area contributed by atoms with Crippen LogP contribution in [0.1, 0.15) is 34.5 Å². The molecule has 1 aromatic carbocycles. The summed E-state index contributed by atoms with van der Waals surface area (Å²) in [6.07, 6.45) is 2.29. The van der Waals surface area contributed by atoms with E-state index in [4.69, 9.17) is 9.47 Å². The molecule has 0 spiro atoms. The van der Waals surface area contributed by atoms with Gasteiger partial charge in [-0.05, 0) is 49.2 Å². The Hall–Kier alpha value is -3.68. The Bertz CT molecular complexity index is 1110. The standard InChI is InChI=1S/C22H23N3O5/c1-15-5-10-19-24-17(12-20(26)25(19)13-15)14-30-21(27)4-3-11-23-22(28)16-6-8-18(29-2)9-7-16/h5-10,12-13H,3-4,11,14H2,1-2H3,(H,23,28). The molecule has 8 heteroatoms. The van der Waals surface area contributed by atoms with E-state index in [9.17, 15) is 14.4 Å². The highest BCUT2D eigenvalue weighted by Crippen LogP contribution is 2.11. The number of pyridine rings is 1. The number of hydrogen-bond acceptors (Lipinski definition) is 6. The first-order chi connectivity index (χ1) is 14.5. The van der Waals surface area contributed by atoms with Gasteiger partial charge in [0.15, 0.2) is 0 Å². The number of fused-ring (bicyclic) bond motifs is 1. The van der Waals surface area contributed by atoms with Crippen LogP contribution in [0.3, 0.4) is 0 Å². The molecule has 0 fully saturated rings. The van der Waals surface area contributed by atoms with Gasteiger partial charge in [-0.1, -0.05) is 6.07 Å². The topological polar surface area (TPSA) is 99.0 Å². The van der Waals surface area contributed by atoms with Crippen LogP contribution in [0.25, 0.3) is 5.65 Å². The number of rotatable bonds is 8. The summed E-state index contributed by atoms with van der Waals surface area (Å²) in [5, 5.41) is 2.75. The molecular formula is C22H23N3O5. The predicted molar refractivity (Wildman–Crippen MR) is 111 cm³/mol. The Morgan fingerprint density at radius 2 is 1.90 bits per heavy atom. The molecule has 0 saturated carbocycles. The number of aromatic nitrogens is 2. The van der Waals surface area contributed by atoms with Crippen LogP contribution >= 0.6 is 0 Å². The van der Waals surface area contributed by atoms with Gasteiger partial charge < -0.3 is 14.8 Å². The largest absolute Gasteiger partial charge is 0.497 e. The van der Waals surface area contributed by atoms with Gasteiger partial charge in [0.05, 0.1) is 12.8 Å². The lowest BCUT2D eigenvalue weighted by Crippen LogP contribution is -2.25. The number of benzene rings is 1. The second kappa shape index (κ2) is 9.69. The van der Waals surface area contributed by atoms with Crippen molar-refractivity contribution >= 4 is 17.5 Å². The second-order valence-electron chi connectivity index (χ2n) is 6.77. The summed E-state index contributed by atoms with van der Waals surface area (Å²) in [6, 6.07) is 11.7. The summed E-state index contributed by atoms with van der Waals surface area (Å²) in [5.41, 5.74) is 2.13. The molecule has 30 heavy (non-hydrogen) atoms. The molecule has 0 atom stereocenters. The van der Waals surface area contributed by atoms with E-state index >= 15 is 0 Å². The second-order valence-corrected chi connectivity index (χ2v) is 6.77. The SMILES string of the molecule is COc1ccc(C(=O)NCCCC(=O)OCc2cc(=O)n3cc(C)ccc3n2)cc1. The molecule has 1 N–H and O–H groups in total. The molecule has 0 aliphatic rings. The van der Waals surface area contributed by atoms with Gasteiger partial charge in [-0.3, -0.25) is 18.8 Å². The fourth-order valence-electron chi connectivity index (χ4n) is 2.84. The lowest BCUT2D eigenvalue weighted by molar-refractivity contribution is -0.145. The average molecular weight is 409 g/mol. The first kappa shape index (κ1) is 21.0. The lowest BCUT2D eigenvalue weighted by Gasteiger charge is -2.08. The molecule has 0 aliphatic carbocycles. The molecule has 2 aromatic heterocycles. The maximum Gasteiger partial charge on any atom is 0.306 e. The maximum absolute atomic E-state index is 12.2. The van der Waals surface area contributed by atoms with Crippen LogP contribution < -0.4 is 15.6 Å². The summed E-state index contributed by atoms with van der Waals surface area (Å²) in [4.78, 5) is 40.5. The average Bonchev–Trinajstić information content (AvgIpc) is 2.75. The summed E-state index contributed by atoms with van der Waals surface area (Å²) in [5.74, 6) is 0.0368. The minimum absolute atomic E-state index is 0.0728. The number of nitrogens with one attached hydrogen (secondary N) is 1. The van der Waals surface area contributed by atoms with E-state index in [1.165, 1.54) is 10.5 Å². The Balaban J connectivity index is 1.42. The van der Waals surface area contributed by atoms with E-state index in [1.54, 1.807) is 43.6 Å². The molecule has 2 heterocycles.